The molecule has 6 nitrogen and oxygen atoms in total. The van der Waals surface area contributed by atoms with E-state index in [0.717, 1.165) is 35.0 Å². The van der Waals surface area contributed by atoms with Crippen molar-refractivity contribution in [3.63, 3.8) is 0 Å². The van der Waals surface area contributed by atoms with Crippen molar-refractivity contribution in [2.45, 2.75) is 32.5 Å². The summed E-state index contributed by atoms with van der Waals surface area (Å²) in [5, 5.41) is 7.79. The molecule has 1 unspecified atom stereocenters. The van der Waals surface area contributed by atoms with E-state index in [2.05, 4.69) is 15.9 Å². The van der Waals surface area contributed by atoms with Gasteiger partial charge in [0.1, 0.15) is 6.61 Å². The first-order valence-corrected chi connectivity index (χ1v) is 10.0. The van der Waals surface area contributed by atoms with Gasteiger partial charge in [0.2, 0.25) is 0 Å². The number of nitrogens with one attached hydrogen (secondary N) is 2. The fourth-order valence-electron chi connectivity index (χ4n) is 3.41. The van der Waals surface area contributed by atoms with Crippen molar-refractivity contribution in [2.24, 2.45) is 5.16 Å². The first kappa shape index (κ1) is 23.3. The number of carbonyl (C=O) groups is 1. The zero-order valence-electron chi connectivity index (χ0n) is 18.2. The molecule has 2 aromatic rings. The van der Waals surface area contributed by atoms with Crippen LogP contribution in [0.3, 0.4) is 0 Å². The molecule has 2 N–H and O–H groups in total. The lowest BCUT2D eigenvalue weighted by atomic mass is 9.92. The minimum atomic E-state index is -4.66. The second-order valence-corrected chi connectivity index (χ2v) is 7.56. The zero-order valence-corrected chi connectivity index (χ0v) is 18.2. The highest BCUT2D eigenvalue weighted by Crippen LogP contribution is 2.40. The Labute approximate surface area is 184 Å². The molecule has 1 amide bonds. The molecule has 1 atom stereocenters. The van der Waals surface area contributed by atoms with Gasteiger partial charge in [-0.3, -0.25) is 4.79 Å². The number of anilines is 1. The van der Waals surface area contributed by atoms with Gasteiger partial charge in [0.25, 0.3) is 5.91 Å². The second kappa shape index (κ2) is 9.04. The van der Waals surface area contributed by atoms with Crippen LogP contribution in [0.15, 0.2) is 65.5 Å². The largest absolute Gasteiger partial charge is 0.412 e. The highest BCUT2D eigenvalue weighted by atomic mass is 19.4. The topological polar surface area (TPSA) is 66.0 Å². The highest BCUT2D eigenvalue weighted by molar-refractivity contribution is 6.07. The van der Waals surface area contributed by atoms with Crippen LogP contribution < -0.4 is 10.7 Å². The summed E-state index contributed by atoms with van der Waals surface area (Å²) in [7, 11) is 1.41. The average molecular weight is 446 g/mol. The smallest absolute Gasteiger partial charge is 0.396 e. The molecule has 0 aromatic heterocycles. The molecule has 9 heteroatoms. The van der Waals surface area contributed by atoms with Gasteiger partial charge in [0.15, 0.2) is 5.54 Å². The van der Waals surface area contributed by atoms with Gasteiger partial charge in [-0.1, -0.05) is 47.6 Å². The number of rotatable bonds is 6. The van der Waals surface area contributed by atoms with E-state index < -0.39 is 23.2 Å². The van der Waals surface area contributed by atoms with Crippen molar-refractivity contribution in [3.05, 3.63) is 65.9 Å². The minimum absolute atomic E-state index is 0.407. The van der Waals surface area contributed by atoms with Crippen molar-refractivity contribution in [1.29, 1.82) is 0 Å². The van der Waals surface area contributed by atoms with E-state index in [9.17, 15) is 18.0 Å². The zero-order chi connectivity index (χ0) is 23.5. The summed E-state index contributed by atoms with van der Waals surface area (Å²) in [6.45, 7) is 5.09. The van der Waals surface area contributed by atoms with Crippen LogP contribution in [0.5, 0.6) is 0 Å². The van der Waals surface area contributed by atoms with E-state index in [1.54, 1.807) is 24.3 Å². The standard InChI is InChI=1S/C23H25F3N4O2/c1-5-32-28-15(2)16-10-12-17(13-11-16)18-8-6-7-9-20(18)27-21(31)19-14-30(4)29-22(19,3)23(24,25)26/h6-14,29H,5H2,1-4H3,(H,27,31)/b28-15+. The van der Waals surface area contributed by atoms with Crippen molar-refractivity contribution < 1.29 is 22.8 Å². The van der Waals surface area contributed by atoms with Crippen LogP contribution >= 0.6 is 0 Å². The predicted molar refractivity (Wildman–Crippen MR) is 118 cm³/mol. The maximum atomic E-state index is 13.7. The maximum Gasteiger partial charge on any atom is 0.412 e. The number of benzene rings is 2. The van der Waals surface area contributed by atoms with Gasteiger partial charge in [0.05, 0.1) is 11.3 Å². The highest BCUT2D eigenvalue weighted by Gasteiger charge is 2.58. The summed E-state index contributed by atoms with van der Waals surface area (Å²) < 4.78 is 41.0. The number of nitrogens with zero attached hydrogens (tertiary/aromatic N) is 2. The third-order valence-corrected chi connectivity index (χ3v) is 5.19. The van der Waals surface area contributed by atoms with Crippen LogP contribution in [0.1, 0.15) is 26.3 Å². The van der Waals surface area contributed by atoms with Crippen molar-refractivity contribution in [3.8, 4) is 11.1 Å². The number of alkyl halides is 3. The van der Waals surface area contributed by atoms with Gasteiger partial charge in [0, 0.05) is 24.5 Å². The number of amides is 1. The lowest BCUT2D eigenvalue weighted by Crippen LogP contribution is -2.57. The number of oxime groups is 1. The van der Waals surface area contributed by atoms with E-state index in [4.69, 9.17) is 4.84 Å². The Hall–Kier alpha value is -3.33. The molecule has 32 heavy (non-hydrogen) atoms. The first-order chi connectivity index (χ1) is 15.1. The molecule has 3 rings (SSSR count). The van der Waals surface area contributed by atoms with Gasteiger partial charge in [-0.2, -0.15) is 13.2 Å². The van der Waals surface area contributed by atoms with Crippen molar-refractivity contribution in [1.82, 2.24) is 10.4 Å². The summed E-state index contributed by atoms with van der Waals surface area (Å²) >= 11 is 0. The van der Waals surface area contributed by atoms with E-state index >= 15 is 0 Å². The Morgan fingerprint density at radius 1 is 1.19 bits per heavy atom. The molecule has 0 saturated carbocycles. The molecular weight excluding hydrogens is 421 g/mol. The van der Waals surface area contributed by atoms with Gasteiger partial charge >= 0.3 is 6.18 Å². The third kappa shape index (κ3) is 4.62. The molecule has 1 heterocycles. The van der Waals surface area contributed by atoms with Crippen LogP contribution in [0.25, 0.3) is 11.1 Å². The van der Waals surface area contributed by atoms with Crippen LogP contribution in [0.2, 0.25) is 0 Å². The summed E-state index contributed by atoms with van der Waals surface area (Å²) in [6, 6.07) is 14.4. The van der Waals surface area contributed by atoms with Gasteiger partial charge in [-0.15, -0.1) is 0 Å². The Morgan fingerprint density at radius 2 is 1.84 bits per heavy atom. The lowest BCUT2D eigenvalue weighted by Gasteiger charge is -2.31. The number of carbonyl (C=O) groups excluding carboxylic acids is 1. The number of hydrogen-bond acceptors (Lipinski definition) is 5. The quantitative estimate of drug-likeness (QED) is 0.498. The van der Waals surface area contributed by atoms with E-state index in [1.165, 1.54) is 7.05 Å². The van der Waals surface area contributed by atoms with E-state index in [0.29, 0.717) is 17.9 Å². The van der Waals surface area contributed by atoms with Crippen LogP contribution in [-0.2, 0) is 9.63 Å². The Balaban J connectivity index is 1.88. The molecule has 0 spiro atoms. The van der Waals surface area contributed by atoms with Crippen LogP contribution in [0.4, 0.5) is 18.9 Å². The van der Waals surface area contributed by atoms with Gasteiger partial charge in [-0.25, -0.2) is 5.43 Å². The summed E-state index contributed by atoms with van der Waals surface area (Å²) in [4.78, 5) is 17.9. The van der Waals surface area contributed by atoms with Crippen LogP contribution in [0, 0.1) is 0 Å². The van der Waals surface area contributed by atoms with Gasteiger partial charge < -0.3 is 15.2 Å². The minimum Gasteiger partial charge on any atom is -0.396 e. The number of hydrazine groups is 1. The SMILES string of the molecule is CCO/N=C(\C)c1ccc(-c2ccccc2NC(=O)C2=CN(C)NC2(C)C(F)(F)F)cc1. The molecule has 0 bridgehead atoms. The van der Waals surface area contributed by atoms with E-state index in [-0.39, 0.29) is 0 Å². The monoisotopic (exact) mass is 446 g/mol. The average Bonchev–Trinajstić information content (AvgIpc) is 3.08. The molecule has 0 fully saturated rings. The molecule has 2 aromatic carbocycles. The van der Waals surface area contributed by atoms with Crippen molar-refractivity contribution in [2.75, 3.05) is 19.0 Å². The molecule has 1 aliphatic rings. The number of hydrogen-bond donors (Lipinski definition) is 2. The fourth-order valence-corrected chi connectivity index (χ4v) is 3.41. The second-order valence-electron chi connectivity index (χ2n) is 7.56. The normalized spacial score (nSPS) is 19.0. The Kier molecular flexibility index (Phi) is 6.59. The molecule has 170 valence electrons. The molecular formula is C23H25F3N4O2. The number of para-hydroxylation sites is 1. The fraction of sp³-hybridized carbons (Fsp3) is 0.304. The molecule has 0 radical (unpaired) electrons. The van der Waals surface area contributed by atoms with Crippen LogP contribution in [-0.4, -0.2) is 42.0 Å². The lowest BCUT2D eigenvalue weighted by molar-refractivity contribution is -0.185. The van der Waals surface area contributed by atoms with Crippen molar-refractivity contribution >= 4 is 17.3 Å². The Morgan fingerprint density at radius 3 is 2.47 bits per heavy atom. The number of halogens is 3. The summed E-state index contributed by atoms with van der Waals surface area (Å²) in [5.74, 6) is -0.828. The third-order valence-electron chi connectivity index (χ3n) is 5.19. The maximum absolute atomic E-state index is 13.7. The molecule has 0 aliphatic carbocycles. The summed E-state index contributed by atoms with van der Waals surface area (Å²) in [6.07, 6.45) is -3.50. The molecule has 0 saturated heterocycles. The molecule has 1 aliphatic heterocycles. The van der Waals surface area contributed by atoms with Gasteiger partial charge in [-0.05, 0) is 38.0 Å². The predicted octanol–water partition coefficient (Wildman–Crippen LogP) is 4.71. The Bertz CT molecular complexity index is 1050. The summed E-state index contributed by atoms with van der Waals surface area (Å²) in [5.41, 5.74) is 2.87. The first-order valence-electron chi connectivity index (χ1n) is 10.0. The van der Waals surface area contributed by atoms with E-state index in [1.807, 2.05) is 38.1 Å².